The van der Waals surface area contributed by atoms with Crippen molar-refractivity contribution < 1.29 is 36.0 Å². The van der Waals surface area contributed by atoms with Crippen molar-refractivity contribution in [1.82, 2.24) is 9.94 Å². The molecule has 0 saturated carbocycles. The summed E-state index contributed by atoms with van der Waals surface area (Å²) in [5.41, 5.74) is -0.917. The molecule has 34 heavy (non-hydrogen) atoms. The van der Waals surface area contributed by atoms with Crippen LogP contribution < -0.4 is 14.7 Å². The number of benzene rings is 2. The first-order chi connectivity index (χ1) is 15.9. The van der Waals surface area contributed by atoms with Crippen molar-refractivity contribution in [2.24, 2.45) is 5.14 Å². The molecule has 0 aliphatic carbocycles. The van der Waals surface area contributed by atoms with Gasteiger partial charge in [-0.2, -0.15) is 13.2 Å². The van der Waals surface area contributed by atoms with Crippen molar-refractivity contribution in [3.63, 3.8) is 0 Å². The molecule has 8 nitrogen and oxygen atoms in total. The average molecular weight is 497 g/mol. The van der Waals surface area contributed by atoms with Crippen molar-refractivity contribution >= 4 is 16.0 Å². The van der Waals surface area contributed by atoms with E-state index in [1.807, 2.05) is 0 Å². The summed E-state index contributed by atoms with van der Waals surface area (Å²) in [5, 5.41) is 9.06. The number of alkyl halides is 3. The van der Waals surface area contributed by atoms with Crippen molar-refractivity contribution in [2.75, 3.05) is 7.11 Å². The van der Waals surface area contributed by atoms with Crippen LogP contribution in [-0.2, 0) is 21.0 Å². The van der Waals surface area contributed by atoms with Gasteiger partial charge in [0, 0.05) is 17.5 Å². The zero-order chi connectivity index (χ0) is 25.3. The third-order valence-corrected chi connectivity index (χ3v) is 5.84. The van der Waals surface area contributed by atoms with Crippen LogP contribution in [0.1, 0.15) is 31.0 Å². The highest BCUT2D eigenvalue weighted by molar-refractivity contribution is 7.89. The summed E-state index contributed by atoms with van der Waals surface area (Å²) < 4.78 is 71.1. The van der Waals surface area contributed by atoms with Gasteiger partial charge in [0.05, 0.1) is 12.0 Å². The largest absolute Gasteiger partial charge is 0.496 e. The molecule has 0 aliphatic rings. The zero-order valence-electron chi connectivity index (χ0n) is 18.5. The van der Waals surface area contributed by atoms with E-state index in [0.29, 0.717) is 17.7 Å². The maximum atomic E-state index is 14.3. The van der Waals surface area contributed by atoms with Crippen LogP contribution >= 0.6 is 0 Å². The molecule has 1 aromatic heterocycles. The quantitative estimate of drug-likeness (QED) is 0.529. The third kappa shape index (κ3) is 5.23. The first kappa shape index (κ1) is 25.2. The van der Waals surface area contributed by atoms with E-state index in [1.165, 1.54) is 37.4 Å². The van der Waals surface area contributed by atoms with Gasteiger partial charge in [0.15, 0.2) is 5.69 Å². The number of hydrogen-bond donors (Lipinski definition) is 1. The molecule has 1 heterocycles. The first-order valence-corrected chi connectivity index (χ1v) is 11.6. The van der Waals surface area contributed by atoms with Gasteiger partial charge in [-0.3, -0.25) is 0 Å². The molecular weight excluding hydrogens is 475 g/mol. The Balaban J connectivity index is 2.32. The van der Waals surface area contributed by atoms with E-state index in [0.717, 1.165) is 12.1 Å². The number of nitrogens with two attached hydrogens (primary N) is 1. The molecule has 0 atom stereocenters. The lowest BCUT2D eigenvalue weighted by atomic mass is 9.97. The predicted molar refractivity (Wildman–Crippen MR) is 117 cm³/mol. The highest BCUT2D eigenvalue weighted by atomic mass is 32.2. The number of rotatable bonds is 7. The van der Waals surface area contributed by atoms with E-state index in [1.54, 1.807) is 13.8 Å². The molecule has 3 rings (SSSR count). The van der Waals surface area contributed by atoms with Crippen LogP contribution in [0.5, 0.6) is 5.75 Å². The maximum absolute atomic E-state index is 14.3. The fourth-order valence-corrected chi connectivity index (χ4v) is 3.89. The van der Waals surface area contributed by atoms with E-state index in [4.69, 9.17) is 14.7 Å². The lowest BCUT2D eigenvalue weighted by Gasteiger charge is -2.13. The van der Waals surface area contributed by atoms with Gasteiger partial charge in [-0.15, -0.1) is 5.10 Å². The highest BCUT2D eigenvalue weighted by Gasteiger charge is 2.42. The Labute approximate surface area is 194 Å². The summed E-state index contributed by atoms with van der Waals surface area (Å²) in [6.07, 6.45) is -4.68. The Kier molecular flexibility index (Phi) is 7.03. The minimum atomic E-state index is -4.94. The Morgan fingerprint density at radius 3 is 2.24 bits per heavy atom. The van der Waals surface area contributed by atoms with Gasteiger partial charge in [0.1, 0.15) is 11.4 Å². The van der Waals surface area contributed by atoms with Gasteiger partial charge in [-0.1, -0.05) is 30.0 Å². The Hall–Kier alpha value is -3.38. The molecule has 0 amide bonds. The highest BCUT2D eigenvalue weighted by Crippen LogP contribution is 2.43. The van der Waals surface area contributed by atoms with Gasteiger partial charge >= 0.3 is 12.1 Å². The fourth-order valence-electron chi connectivity index (χ4n) is 3.37. The lowest BCUT2D eigenvalue weighted by molar-refractivity contribution is -0.162. The maximum Gasteiger partial charge on any atom is 0.437 e. The lowest BCUT2D eigenvalue weighted by Crippen LogP contribution is -2.26. The number of hydrogen-bond acceptors (Lipinski definition) is 6. The topological polar surface area (TPSA) is 114 Å². The first-order valence-electron chi connectivity index (χ1n) is 10.1. The number of carbonyl (C=O) groups is 1. The minimum absolute atomic E-state index is 0.105. The Morgan fingerprint density at radius 1 is 1.12 bits per heavy atom. The second-order valence-corrected chi connectivity index (χ2v) is 8.97. The molecule has 0 saturated heterocycles. The van der Waals surface area contributed by atoms with Crippen LogP contribution in [0, 0.1) is 6.92 Å². The zero-order valence-corrected chi connectivity index (χ0v) is 19.3. The normalized spacial score (nSPS) is 12.0. The van der Waals surface area contributed by atoms with E-state index in [2.05, 4.69) is 5.10 Å². The summed E-state index contributed by atoms with van der Waals surface area (Å²) in [5.74, 6) is -0.415. The number of carbonyl (C=O) groups excluding carboxylic acids is 1. The van der Waals surface area contributed by atoms with E-state index >= 15 is 0 Å². The van der Waals surface area contributed by atoms with Crippen LogP contribution in [0.15, 0.2) is 47.4 Å². The van der Waals surface area contributed by atoms with Gasteiger partial charge in [0.2, 0.25) is 10.0 Å². The summed E-state index contributed by atoms with van der Waals surface area (Å²) in [6.45, 7) is 3.35. The standard InChI is InChI=1S/C22H22F3N3O5S/c1-4-5-18(29)33-28-21(22(23,24)25)19(15-8-11-17(32-3)13(2)12-15)20(27-28)14-6-9-16(10-7-14)34(26,30)31/h6-12H,4-5H2,1-3H3,(H2,26,30,31). The molecule has 12 heteroatoms. The van der Waals surface area contributed by atoms with Crippen LogP contribution in [0.2, 0.25) is 0 Å². The number of aromatic nitrogens is 2. The van der Waals surface area contributed by atoms with Gasteiger partial charge in [0.25, 0.3) is 0 Å². The smallest absolute Gasteiger partial charge is 0.437 e. The van der Waals surface area contributed by atoms with Crippen LogP contribution in [0.3, 0.4) is 0 Å². The van der Waals surface area contributed by atoms with Crippen LogP contribution in [-0.4, -0.2) is 31.4 Å². The average Bonchev–Trinajstić information content (AvgIpc) is 3.12. The number of nitrogens with zero attached hydrogens (tertiary/aromatic N) is 2. The van der Waals surface area contributed by atoms with Gasteiger partial charge < -0.3 is 9.57 Å². The molecule has 3 aromatic rings. The molecule has 2 N–H and O–H groups in total. The van der Waals surface area contributed by atoms with Crippen LogP contribution in [0.25, 0.3) is 22.4 Å². The summed E-state index contributed by atoms with van der Waals surface area (Å²) in [4.78, 5) is 16.9. The summed E-state index contributed by atoms with van der Waals surface area (Å²) >= 11 is 0. The van der Waals surface area contributed by atoms with Crippen molar-refractivity contribution in [3.8, 4) is 28.1 Å². The number of ether oxygens (including phenoxy) is 1. The monoisotopic (exact) mass is 497 g/mol. The Bertz CT molecular complexity index is 1320. The van der Waals surface area contributed by atoms with Crippen LogP contribution in [0.4, 0.5) is 13.2 Å². The SMILES string of the molecule is CCCC(=O)On1nc(-c2ccc(S(N)(=O)=O)cc2)c(-c2ccc(OC)c(C)c2)c1C(F)(F)F. The van der Waals surface area contributed by atoms with E-state index in [-0.39, 0.29) is 38.5 Å². The second kappa shape index (κ2) is 9.47. The Morgan fingerprint density at radius 2 is 1.74 bits per heavy atom. The molecule has 0 spiro atoms. The number of aryl methyl sites for hydroxylation is 1. The predicted octanol–water partition coefficient (Wildman–Crippen LogP) is 3.96. The van der Waals surface area contributed by atoms with Crippen molar-refractivity contribution in [1.29, 1.82) is 0 Å². The second-order valence-electron chi connectivity index (χ2n) is 7.41. The number of methoxy groups -OCH3 is 1. The van der Waals surface area contributed by atoms with Crippen molar-refractivity contribution in [3.05, 3.63) is 53.7 Å². The fraction of sp³-hybridized carbons (Fsp3) is 0.273. The number of sulfonamides is 1. The molecule has 0 bridgehead atoms. The van der Waals surface area contributed by atoms with E-state index in [9.17, 15) is 26.4 Å². The third-order valence-electron chi connectivity index (χ3n) is 4.91. The molecule has 0 radical (unpaired) electrons. The molecule has 0 fully saturated rings. The molecule has 0 unspecified atom stereocenters. The number of primary sulfonamides is 1. The molecule has 2 aromatic carbocycles. The molecule has 0 aliphatic heterocycles. The molecular formula is C22H22F3N3O5S. The van der Waals surface area contributed by atoms with Gasteiger partial charge in [-0.05, 0) is 48.7 Å². The summed E-state index contributed by atoms with van der Waals surface area (Å²) in [7, 11) is -2.58. The van der Waals surface area contributed by atoms with Crippen molar-refractivity contribution in [2.45, 2.75) is 37.8 Å². The minimum Gasteiger partial charge on any atom is -0.496 e. The summed E-state index contributed by atoms with van der Waals surface area (Å²) in [6, 6.07) is 9.30. The van der Waals surface area contributed by atoms with E-state index < -0.39 is 27.9 Å². The van der Waals surface area contributed by atoms with Gasteiger partial charge in [-0.25, -0.2) is 18.4 Å². The number of halogens is 3. The molecule has 182 valence electrons.